The van der Waals surface area contributed by atoms with Crippen LogP contribution in [0.1, 0.15) is 41.0 Å². The number of aromatic nitrogens is 3. The molecule has 0 aliphatic carbocycles. The van der Waals surface area contributed by atoms with Crippen LogP contribution in [0, 0.1) is 6.92 Å². The van der Waals surface area contributed by atoms with E-state index in [2.05, 4.69) is 15.3 Å². The van der Waals surface area contributed by atoms with Gasteiger partial charge in [-0.1, -0.05) is 0 Å². The van der Waals surface area contributed by atoms with Crippen molar-refractivity contribution in [3.63, 3.8) is 0 Å². The molecule has 1 amide bonds. The first kappa shape index (κ1) is 23.6. The summed E-state index contributed by atoms with van der Waals surface area (Å²) in [6.45, 7) is 0.909. The molecule has 0 saturated carbocycles. The summed E-state index contributed by atoms with van der Waals surface area (Å²) in [6.07, 6.45) is -4.57. The van der Waals surface area contributed by atoms with Crippen molar-refractivity contribution in [1.82, 2.24) is 14.5 Å². The average molecular weight is 481 g/mol. The SMILES string of the molecule is Cc1nc2c(cc1C(F)(F)F)-c1cc(=O)c3c(C(N)=O)nccc3n1CCC(F)(F)CCCN2. The Labute approximate surface area is 189 Å². The molecule has 34 heavy (non-hydrogen) atoms. The first-order valence-electron chi connectivity index (χ1n) is 10.4. The molecule has 4 heterocycles. The number of rotatable bonds is 1. The van der Waals surface area contributed by atoms with Crippen LogP contribution in [-0.4, -0.2) is 32.9 Å². The van der Waals surface area contributed by atoms with Crippen LogP contribution in [0.3, 0.4) is 0 Å². The van der Waals surface area contributed by atoms with Crippen LogP contribution >= 0.6 is 0 Å². The highest BCUT2D eigenvalue weighted by Gasteiger charge is 2.35. The van der Waals surface area contributed by atoms with E-state index in [1.165, 1.54) is 23.8 Å². The maximum absolute atomic E-state index is 14.5. The number of hydrogen-bond donors (Lipinski definition) is 2. The molecular formula is C22H20F5N5O2. The highest BCUT2D eigenvalue weighted by Crippen LogP contribution is 2.38. The maximum Gasteiger partial charge on any atom is 0.418 e. The van der Waals surface area contributed by atoms with Crippen molar-refractivity contribution < 1.29 is 26.7 Å². The Hall–Kier alpha value is -3.57. The minimum absolute atomic E-state index is 0.0346. The number of nitrogens with two attached hydrogens (primary N) is 1. The van der Waals surface area contributed by atoms with E-state index < -0.39 is 41.8 Å². The molecule has 12 heteroatoms. The van der Waals surface area contributed by atoms with E-state index in [0.717, 1.165) is 12.1 Å². The summed E-state index contributed by atoms with van der Waals surface area (Å²) in [7, 11) is 0. The number of alkyl halides is 5. The number of hydrogen-bond acceptors (Lipinski definition) is 5. The first-order chi connectivity index (χ1) is 15.9. The molecule has 3 aromatic rings. The van der Waals surface area contributed by atoms with Gasteiger partial charge in [0, 0.05) is 43.8 Å². The van der Waals surface area contributed by atoms with Gasteiger partial charge in [-0.2, -0.15) is 13.2 Å². The van der Waals surface area contributed by atoms with E-state index in [9.17, 15) is 31.5 Å². The van der Waals surface area contributed by atoms with E-state index in [1.807, 2.05) is 0 Å². The molecule has 0 spiro atoms. The molecule has 7 nitrogen and oxygen atoms in total. The number of pyridine rings is 3. The molecule has 0 saturated heterocycles. The van der Waals surface area contributed by atoms with Crippen LogP contribution in [0.2, 0.25) is 0 Å². The van der Waals surface area contributed by atoms with E-state index in [1.54, 1.807) is 0 Å². The summed E-state index contributed by atoms with van der Waals surface area (Å²) in [5, 5.41) is 2.65. The second-order valence-electron chi connectivity index (χ2n) is 8.11. The normalized spacial score (nSPS) is 16.2. The number of fused-ring (bicyclic) bond motifs is 5. The van der Waals surface area contributed by atoms with Gasteiger partial charge in [0.1, 0.15) is 11.5 Å². The number of aryl methyl sites for hydroxylation is 2. The van der Waals surface area contributed by atoms with Crippen molar-refractivity contribution in [2.45, 2.75) is 44.8 Å². The van der Waals surface area contributed by atoms with E-state index >= 15 is 0 Å². The fourth-order valence-corrected chi connectivity index (χ4v) is 4.15. The van der Waals surface area contributed by atoms with Crippen molar-refractivity contribution in [3.05, 3.63) is 51.6 Å². The van der Waals surface area contributed by atoms with Crippen molar-refractivity contribution >= 4 is 22.6 Å². The Balaban J connectivity index is 2.11. The van der Waals surface area contributed by atoms with Gasteiger partial charge in [0.05, 0.1) is 27.9 Å². The second-order valence-corrected chi connectivity index (χ2v) is 8.11. The van der Waals surface area contributed by atoms with Gasteiger partial charge in [0.2, 0.25) is 5.92 Å². The third-order valence-electron chi connectivity index (χ3n) is 5.77. The quantitative estimate of drug-likeness (QED) is 0.509. The Morgan fingerprint density at radius 3 is 2.65 bits per heavy atom. The third-order valence-corrected chi connectivity index (χ3v) is 5.77. The number of nitrogens with zero attached hydrogens (tertiary/aromatic N) is 3. The fraction of sp³-hybridized carbons (Fsp3) is 0.364. The lowest BCUT2D eigenvalue weighted by atomic mass is 10.0. The molecule has 3 aromatic heterocycles. The fourth-order valence-electron chi connectivity index (χ4n) is 4.15. The summed E-state index contributed by atoms with van der Waals surface area (Å²) < 4.78 is 71.4. The largest absolute Gasteiger partial charge is 0.418 e. The van der Waals surface area contributed by atoms with Crippen LogP contribution in [0.4, 0.5) is 27.8 Å². The number of carbonyl (C=O) groups excluding carboxylic acids is 1. The summed E-state index contributed by atoms with van der Waals surface area (Å²) in [5.41, 5.74) is 2.88. The van der Waals surface area contributed by atoms with Gasteiger partial charge in [-0.25, -0.2) is 13.8 Å². The van der Waals surface area contributed by atoms with Crippen LogP contribution in [0.5, 0.6) is 0 Å². The van der Waals surface area contributed by atoms with E-state index in [4.69, 9.17) is 5.73 Å². The zero-order valence-electron chi connectivity index (χ0n) is 18.0. The molecule has 1 aliphatic heterocycles. The van der Waals surface area contributed by atoms with Crippen LogP contribution < -0.4 is 16.5 Å². The monoisotopic (exact) mass is 481 g/mol. The van der Waals surface area contributed by atoms with E-state index in [-0.39, 0.29) is 58.9 Å². The summed E-state index contributed by atoms with van der Waals surface area (Å²) in [4.78, 5) is 32.7. The number of nitrogens with one attached hydrogen (secondary N) is 1. The van der Waals surface area contributed by atoms with Gasteiger partial charge in [0.15, 0.2) is 5.43 Å². The van der Waals surface area contributed by atoms with Crippen LogP contribution in [0.25, 0.3) is 22.2 Å². The molecule has 1 aliphatic rings. The molecule has 180 valence electrons. The standard InChI is InChI=1S/C22H20F5N5O2/c1-11-13(22(25,26)27)9-12-15-10-16(33)17-14(3-7-29-18(17)19(28)34)32(15)8-5-21(23,24)4-2-6-30-20(12)31-11/h3,7,9-10H,2,4-6,8H2,1H3,(H2,28,34)(H,30,31). The summed E-state index contributed by atoms with van der Waals surface area (Å²) >= 11 is 0. The Bertz CT molecular complexity index is 1350. The number of halogens is 5. The highest BCUT2D eigenvalue weighted by atomic mass is 19.4. The second kappa shape index (κ2) is 8.33. The minimum atomic E-state index is -4.73. The Morgan fingerprint density at radius 1 is 1.24 bits per heavy atom. The number of anilines is 1. The van der Waals surface area contributed by atoms with Gasteiger partial charge in [-0.3, -0.25) is 14.6 Å². The molecule has 4 rings (SSSR count). The highest BCUT2D eigenvalue weighted by molar-refractivity contribution is 6.04. The molecular weight excluding hydrogens is 461 g/mol. The van der Waals surface area contributed by atoms with Crippen molar-refractivity contribution in [2.24, 2.45) is 5.73 Å². The van der Waals surface area contributed by atoms with Gasteiger partial charge >= 0.3 is 6.18 Å². The molecule has 0 atom stereocenters. The third kappa shape index (κ3) is 4.31. The topological polar surface area (TPSA) is 103 Å². The number of amides is 1. The molecule has 0 fully saturated rings. The maximum atomic E-state index is 14.5. The lowest BCUT2D eigenvalue weighted by Gasteiger charge is -2.22. The van der Waals surface area contributed by atoms with E-state index in [0.29, 0.717) is 0 Å². The molecule has 0 unspecified atom stereocenters. The molecule has 0 aromatic carbocycles. The first-order valence-corrected chi connectivity index (χ1v) is 10.4. The van der Waals surface area contributed by atoms with Gasteiger partial charge in [0.25, 0.3) is 5.91 Å². The lowest BCUT2D eigenvalue weighted by Crippen LogP contribution is -2.23. The zero-order valence-corrected chi connectivity index (χ0v) is 18.0. The van der Waals surface area contributed by atoms with Crippen LogP contribution in [0.15, 0.2) is 29.2 Å². The Kier molecular flexibility index (Phi) is 5.78. The van der Waals surface area contributed by atoms with Gasteiger partial charge in [-0.05, 0) is 25.5 Å². The van der Waals surface area contributed by atoms with Gasteiger partial charge in [-0.15, -0.1) is 0 Å². The zero-order chi connectivity index (χ0) is 24.8. The predicted molar refractivity (Wildman–Crippen MR) is 115 cm³/mol. The molecule has 0 bridgehead atoms. The molecule has 3 N–H and O–H groups in total. The van der Waals surface area contributed by atoms with Crippen molar-refractivity contribution in [1.29, 1.82) is 0 Å². The lowest BCUT2D eigenvalue weighted by molar-refractivity contribution is -0.138. The summed E-state index contributed by atoms with van der Waals surface area (Å²) in [5.74, 6) is -4.03. The van der Waals surface area contributed by atoms with Crippen LogP contribution in [-0.2, 0) is 12.7 Å². The average Bonchev–Trinajstić information content (AvgIpc) is 2.76. The van der Waals surface area contributed by atoms with Crippen molar-refractivity contribution in [3.8, 4) is 11.3 Å². The molecule has 0 radical (unpaired) electrons. The van der Waals surface area contributed by atoms with Crippen molar-refractivity contribution in [2.75, 3.05) is 11.9 Å². The summed E-state index contributed by atoms with van der Waals surface area (Å²) in [6, 6.07) is 3.20. The smallest absolute Gasteiger partial charge is 0.370 e. The number of carbonyl (C=O) groups is 1. The van der Waals surface area contributed by atoms with Gasteiger partial charge < -0.3 is 15.6 Å². The number of primary amides is 1. The minimum Gasteiger partial charge on any atom is -0.370 e. The predicted octanol–water partition coefficient (Wildman–Crippen LogP) is 4.12. The Morgan fingerprint density at radius 2 is 1.97 bits per heavy atom.